The van der Waals surface area contributed by atoms with E-state index in [-0.39, 0.29) is 5.75 Å². The Hall–Kier alpha value is -1.68. The zero-order chi connectivity index (χ0) is 12.8. The van der Waals surface area contributed by atoms with Crippen LogP contribution >= 0.6 is 15.9 Å². The van der Waals surface area contributed by atoms with E-state index < -0.39 is 0 Å². The minimum Gasteiger partial charge on any atom is -0.508 e. The largest absolute Gasteiger partial charge is 0.508 e. The van der Waals surface area contributed by atoms with E-state index in [4.69, 9.17) is 9.47 Å². The standard InChI is InChI=1S/C14H13BrO3/c15-11-4-6-13(7-5-11)17-8-9-18-14-3-1-2-12(16)10-14/h1-7,10,16H,8-9H2. The van der Waals surface area contributed by atoms with Crippen LogP contribution in [-0.4, -0.2) is 18.3 Å². The quantitative estimate of drug-likeness (QED) is 0.858. The zero-order valence-corrected chi connectivity index (χ0v) is 11.3. The average molecular weight is 309 g/mol. The van der Waals surface area contributed by atoms with Gasteiger partial charge in [-0.15, -0.1) is 0 Å². The predicted octanol–water partition coefficient (Wildman–Crippen LogP) is 3.61. The number of phenolic OH excluding ortho intramolecular Hbond substituents is 1. The van der Waals surface area contributed by atoms with Crippen molar-refractivity contribution in [2.75, 3.05) is 13.2 Å². The Balaban J connectivity index is 1.74. The number of phenols is 1. The molecule has 0 aliphatic rings. The summed E-state index contributed by atoms with van der Waals surface area (Å²) in [7, 11) is 0. The summed E-state index contributed by atoms with van der Waals surface area (Å²) in [4.78, 5) is 0. The fraction of sp³-hybridized carbons (Fsp3) is 0.143. The lowest BCUT2D eigenvalue weighted by atomic mass is 10.3. The van der Waals surface area contributed by atoms with Crippen molar-refractivity contribution in [1.82, 2.24) is 0 Å². The third-order valence-corrected chi connectivity index (χ3v) is 2.78. The summed E-state index contributed by atoms with van der Waals surface area (Å²) in [6.45, 7) is 0.886. The molecular weight excluding hydrogens is 296 g/mol. The number of hydrogen-bond acceptors (Lipinski definition) is 3. The second-order valence-corrected chi connectivity index (χ2v) is 4.56. The molecule has 0 saturated heterocycles. The molecule has 3 nitrogen and oxygen atoms in total. The topological polar surface area (TPSA) is 38.7 Å². The van der Waals surface area contributed by atoms with Crippen molar-refractivity contribution in [2.24, 2.45) is 0 Å². The highest BCUT2D eigenvalue weighted by Crippen LogP contribution is 2.18. The van der Waals surface area contributed by atoms with Crippen LogP contribution in [0.2, 0.25) is 0 Å². The Morgan fingerprint density at radius 1 is 0.889 bits per heavy atom. The molecule has 0 heterocycles. The Morgan fingerprint density at radius 3 is 2.22 bits per heavy atom. The molecule has 0 bridgehead atoms. The smallest absolute Gasteiger partial charge is 0.123 e. The van der Waals surface area contributed by atoms with Crippen molar-refractivity contribution >= 4 is 15.9 Å². The van der Waals surface area contributed by atoms with Crippen LogP contribution in [-0.2, 0) is 0 Å². The van der Waals surface area contributed by atoms with Gasteiger partial charge in [0.05, 0.1) is 0 Å². The number of ether oxygens (including phenoxy) is 2. The number of aromatic hydroxyl groups is 1. The van der Waals surface area contributed by atoms with E-state index in [1.807, 2.05) is 24.3 Å². The molecule has 2 rings (SSSR count). The molecule has 0 atom stereocenters. The van der Waals surface area contributed by atoms with Gasteiger partial charge in [0.2, 0.25) is 0 Å². The Labute approximate surface area is 114 Å². The SMILES string of the molecule is Oc1cccc(OCCOc2ccc(Br)cc2)c1. The summed E-state index contributed by atoms with van der Waals surface area (Å²) in [5, 5.41) is 9.26. The second-order valence-electron chi connectivity index (χ2n) is 3.65. The molecule has 0 saturated carbocycles. The van der Waals surface area contributed by atoms with E-state index in [9.17, 15) is 5.11 Å². The van der Waals surface area contributed by atoms with Crippen LogP contribution in [0.25, 0.3) is 0 Å². The molecule has 0 aromatic heterocycles. The van der Waals surface area contributed by atoms with Gasteiger partial charge in [0, 0.05) is 10.5 Å². The lowest BCUT2D eigenvalue weighted by Gasteiger charge is -2.08. The minimum atomic E-state index is 0.196. The molecule has 4 heteroatoms. The Kier molecular flexibility index (Phi) is 4.47. The van der Waals surface area contributed by atoms with E-state index in [1.165, 1.54) is 0 Å². The van der Waals surface area contributed by atoms with Crippen LogP contribution in [0.3, 0.4) is 0 Å². The van der Waals surface area contributed by atoms with Gasteiger partial charge >= 0.3 is 0 Å². The number of benzene rings is 2. The summed E-state index contributed by atoms with van der Waals surface area (Å²) >= 11 is 3.36. The average Bonchev–Trinajstić information content (AvgIpc) is 2.37. The fourth-order valence-electron chi connectivity index (χ4n) is 1.42. The molecule has 0 spiro atoms. The maximum atomic E-state index is 9.26. The number of rotatable bonds is 5. The van der Waals surface area contributed by atoms with Crippen molar-refractivity contribution in [1.29, 1.82) is 0 Å². The first-order valence-corrected chi connectivity index (χ1v) is 6.33. The van der Waals surface area contributed by atoms with Crippen molar-refractivity contribution in [3.63, 3.8) is 0 Å². The van der Waals surface area contributed by atoms with Crippen LogP contribution in [0.5, 0.6) is 17.2 Å². The highest BCUT2D eigenvalue weighted by molar-refractivity contribution is 9.10. The van der Waals surface area contributed by atoms with Gasteiger partial charge in [0.25, 0.3) is 0 Å². The molecule has 0 unspecified atom stereocenters. The highest BCUT2D eigenvalue weighted by atomic mass is 79.9. The van der Waals surface area contributed by atoms with Crippen LogP contribution < -0.4 is 9.47 Å². The summed E-state index contributed by atoms with van der Waals surface area (Å²) in [5.41, 5.74) is 0. The van der Waals surface area contributed by atoms with Gasteiger partial charge in [0.1, 0.15) is 30.5 Å². The molecular formula is C14H13BrO3. The second kappa shape index (κ2) is 6.31. The first-order valence-electron chi connectivity index (χ1n) is 5.54. The van der Waals surface area contributed by atoms with Gasteiger partial charge in [-0.1, -0.05) is 22.0 Å². The molecule has 0 aliphatic heterocycles. The normalized spacial score (nSPS) is 10.1. The summed E-state index contributed by atoms with van der Waals surface area (Å²) in [5.74, 6) is 1.63. The molecule has 1 N–H and O–H groups in total. The molecule has 0 amide bonds. The first kappa shape index (κ1) is 12.8. The third kappa shape index (κ3) is 3.96. The van der Waals surface area contributed by atoms with Crippen LogP contribution in [0.15, 0.2) is 53.0 Å². The maximum Gasteiger partial charge on any atom is 0.123 e. The van der Waals surface area contributed by atoms with E-state index in [2.05, 4.69) is 15.9 Å². The third-order valence-electron chi connectivity index (χ3n) is 2.25. The zero-order valence-electron chi connectivity index (χ0n) is 9.67. The van der Waals surface area contributed by atoms with Gasteiger partial charge in [0.15, 0.2) is 0 Å². The van der Waals surface area contributed by atoms with E-state index >= 15 is 0 Å². The molecule has 18 heavy (non-hydrogen) atoms. The molecule has 0 radical (unpaired) electrons. The maximum absolute atomic E-state index is 9.26. The van der Waals surface area contributed by atoms with Gasteiger partial charge in [-0.2, -0.15) is 0 Å². The lowest BCUT2D eigenvalue weighted by Crippen LogP contribution is -2.08. The van der Waals surface area contributed by atoms with Crippen molar-refractivity contribution in [3.05, 3.63) is 53.0 Å². The summed E-state index contributed by atoms with van der Waals surface area (Å²) in [6.07, 6.45) is 0. The first-order chi connectivity index (χ1) is 8.74. The monoisotopic (exact) mass is 308 g/mol. The van der Waals surface area contributed by atoms with Crippen LogP contribution in [0, 0.1) is 0 Å². The number of hydrogen-bond donors (Lipinski definition) is 1. The van der Waals surface area contributed by atoms with Gasteiger partial charge < -0.3 is 14.6 Å². The molecule has 0 fully saturated rings. The highest BCUT2D eigenvalue weighted by Gasteiger charge is 1.97. The van der Waals surface area contributed by atoms with Crippen molar-refractivity contribution in [2.45, 2.75) is 0 Å². The molecule has 94 valence electrons. The van der Waals surface area contributed by atoms with Crippen LogP contribution in [0.4, 0.5) is 0 Å². The van der Waals surface area contributed by atoms with E-state index in [1.54, 1.807) is 24.3 Å². The van der Waals surface area contributed by atoms with Crippen LogP contribution in [0.1, 0.15) is 0 Å². The molecule has 2 aromatic carbocycles. The fourth-order valence-corrected chi connectivity index (χ4v) is 1.69. The van der Waals surface area contributed by atoms with Crippen molar-refractivity contribution in [3.8, 4) is 17.2 Å². The predicted molar refractivity (Wildman–Crippen MR) is 73.2 cm³/mol. The Morgan fingerprint density at radius 2 is 1.56 bits per heavy atom. The van der Waals surface area contributed by atoms with E-state index in [0.717, 1.165) is 10.2 Å². The lowest BCUT2D eigenvalue weighted by molar-refractivity contribution is 0.216. The minimum absolute atomic E-state index is 0.196. The van der Waals surface area contributed by atoms with E-state index in [0.29, 0.717) is 19.0 Å². The summed E-state index contributed by atoms with van der Waals surface area (Å²) in [6, 6.07) is 14.3. The number of halogens is 1. The Bertz CT molecular complexity index is 497. The van der Waals surface area contributed by atoms with Gasteiger partial charge in [-0.3, -0.25) is 0 Å². The molecule has 2 aromatic rings. The van der Waals surface area contributed by atoms with Gasteiger partial charge in [-0.25, -0.2) is 0 Å². The summed E-state index contributed by atoms with van der Waals surface area (Å²) < 4.78 is 12.0. The van der Waals surface area contributed by atoms with Gasteiger partial charge in [-0.05, 0) is 36.4 Å². The molecule has 0 aliphatic carbocycles. The van der Waals surface area contributed by atoms with Crippen molar-refractivity contribution < 1.29 is 14.6 Å².